The molecular formula is C12H19N3O2S. The van der Waals surface area contributed by atoms with Crippen molar-refractivity contribution in [2.45, 2.75) is 43.5 Å². The number of hydrogen-bond donors (Lipinski definition) is 3. The van der Waals surface area contributed by atoms with Gasteiger partial charge in [0, 0.05) is 17.4 Å². The molecule has 2 rings (SSSR count). The van der Waals surface area contributed by atoms with Gasteiger partial charge in [0.25, 0.3) is 0 Å². The van der Waals surface area contributed by atoms with Crippen molar-refractivity contribution in [3.8, 4) is 0 Å². The molecule has 1 aromatic rings. The first kappa shape index (κ1) is 13.2. The molecule has 5 N–H and O–H groups in total. The fourth-order valence-corrected chi connectivity index (χ4v) is 3.28. The Kier molecular flexibility index (Phi) is 3.49. The minimum absolute atomic E-state index is 0.1000. The average Bonchev–Trinajstić information content (AvgIpc) is 2.74. The summed E-state index contributed by atoms with van der Waals surface area (Å²) in [6.07, 6.45) is 4.64. The summed E-state index contributed by atoms with van der Waals surface area (Å²) in [6, 6.07) is 3.58. The molecule has 1 aliphatic rings. The Hall–Kier alpha value is -1.27. The summed E-state index contributed by atoms with van der Waals surface area (Å²) in [5, 5.41) is 8.55. The van der Waals surface area contributed by atoms with Crippen molar-refractivity contribution in [3.05, 3.63) is 17.7 Å². The van der Waals surface area contributed by atoms with E-state index in [0.29, 0.717) is 17.3 Å². The van der Waals surface area contributed by atoms with Crippen molar-refractivity contribution in [1.29, 1.82) is 0 Å². The quantitative estimate of drug-likeness (QED) is 0.725. The molecule has 0 spiro atoms. The maximum atomic E-state index is 11.5. The highest BCUT2D eigenvalue weighted by molar-refractivity contribution is 7.89. The van der Waals surface area contributed by atoms with Crippen LogP contribution in [-0.2, 0) is 10.0 Å². The second-order valence-electron chi connectivity index (χ2n) is 4.86. The van der Waals surface area contributed by atoms with Gasteiger partial charge < -0.3 is 11.1 Å². The normalized spacial score (nSPS) is 17.0. The highest BCUT2D eigenvalue weighted by Crippen LogP contribution is 2.29. The first-order valence-corrected chi connectivity index (χ1v) is 7.62. The molecule has 18 heavy (non-hydrogen) atoms. The monoisotopic (exact) mass is 269 g/mol. The molecule has 0 aromatic heterocycles. The van der Waals surface area contributed by atoms with Gasteiger partial charge in [-0.05, 0) is 37.5 Å². The Morgan fingerprint density at radius 3 is 2.44 bits per heavy atom. The SMILES string of the molecule is Cc1c(NC2CCCC2)cc(N)cc1S(N)(=O)=O. The molecule has 0 saturated heterocycles. The zero-order chi connectivity index (χ0) is 13.3. The number of anilines is 2. The number of rotatable bonds is 3. The molecule has 0 bridgehead atoms. The van der Waals surface area contributed by atoms with Crippen molar-refractivity contribution >= 4 is 21.4 Å². The van der Waals surface area contributed by atoms with Gasteiger partial charge in [0.15, 0.2) is 0 Å². The summed E-state index contributed by atoms with van der Waals surface area (Å²) in [5.41, 5.74) is 7.55. The lowest BCUT2D eigenvalue weighted by molar-refractivity contribution is 0.597. The van der Waals surface area contributed by atoms with Crippen LogP contribution in [0.3, 0.4) is 0 Å². The number of hydrogen-bond acceptors (Lipinski definition) is 4. The van der Waals surface area contributed by atoms with Gasteiger partial charge in [-0.3, -0.25) is 0 Å². The maximum absolute atomic E-state index is 11.5. The van der Waals surface area contributed by atoms with Crippen LogP contribution in [0, 0.1) is 6.92 Å². The van der Waals surface area contributed by atoms with Crippen molar-refractivity contribution in [2.24, 2.45) is 5.14 Å². The lowest BCUT2D eigenvalue weighted by Gasteiger charge is -2.18. The van der Waals surface area contributed by atoms with Crippen LogP contribution in [0.25, 0.3) is 0 Å². The predicted octanol–water partition coefficient (Wildman–Crippen LogP) is 1.58. The Morgan fingerprint density at radius 2 is 1.89 bits per heavy atom. The molecular weight excluding hydrogens is 250 g/mol. The highest BCUT2D eigenvalue weighted by atomic mass is 32.2. The van der Waals surface area contributed by atoms with E-state index in [0.717, 1.165) is 18.5 Å². The van der Waals surface area contributed by atoms with Crippen LogP contribution in [0.2, 0.25) is 0 Å². The van der Waals surface area contributed by atoms with Crippen LogP contribution in [0.4, 0.5) is 11.4 Å². The molecule has 0 heterocycles. The topological polar surface area (TPSA) is 98.2 Å². The minimum atomic E-state index is -3.73. The molecule has 0 unspecified atom stereocenters. The van der Waals surface area contributed by atoms with Crippen LogP contribution in [0.15, 0.2) is 17.0 Å². The number of benzene rings is 1. The highest BCUT2D eigenvalue weighted by Gasteiger charge is 2.19. The third-order valence-corrected chi connectivity index (χ3v) is 4.44. The van der Waals surface area contributed by atoms with Gasteiger partial charge in [0.2, 0.25) is 10.0 Å². The standard InChI is InChI=1S/C12H19N3O2S/c1-8-11(15-10-4-2-3-5-10)6-9(13)7-12(8)18(14,16)17/h6-7,10,15H,2-5,13H2,1H3,(H2,14,16,17). The molecule has 6 heteroatoms. The first-order chi connectivity index (χ1) is 8.38. The number of nitrogens with one attached hydrogen (secondary N) is 1. The van der Waals surface area contributed by atoms with E-state index in [1.165, 1.54) is 18.9 Å². The molecule has 0 amide bonds. The summed E-state index contributed by atoms with van der Waals surface area (Å²) >= 11 is 0. The predicted molar refractivity (Wildman–Crippen MR) is 72.8 cm³/mol. The summed E-state index contributed by atoms with van der Waals surface area (Å²) < 4.78 is 23.0. The van der Waals surface area contributed by atoms with Gasteiger partial charge in [-0.1, -0.05) is 12.8 Å². The third kappa shape index (κ3) is 2.76. The zero-order valence-electron chi connectivity index (χ0n) is 10.4. The zero-order valence-corrected chi connectivity index (χ0v) is 11.3. The molecule has 1 fully saturated rings. The van der Waals surface area contributed by atoms with Crippen LogP contribution < -0.4 is 16.2 Å². The first-order valence-electron chi connectivity index (χ1n) is 6.07. The maximum Gasteiger partial charge on any atom is 0.238 e. The Balaban J connectivity index is 2.38. The fourth-order valence-electron chi connectivity index (χ4n) is 2.44. The molecule has 0 aliphatic heterocycles. The van der Waals surface area contributed by atoms with Gasteiger partial charge in [-0.15, -0.1) is 0 Å². The van der Waals surface area contributed by atoms with E-state index in [9.17, 15) is 8.42 Å². The van der Waals surface area contributed by atoms with E-state index >= 15 is 0 Å². The van der Waals surface area contributed by atoms with Gasteiger partial charge in [0.1, 0.15) is 0 Å². The Bertz CT molecular complexity index is 549. The lowest BCUT2D eigenvalue weighted by Crippen LogP contribution is -2.19. The summed E-state index contributed by atoms with van der Waals surface area (Å²) in [4.78, 5) is 0.1000. The molecule has 0 atom stereocenters. The van der Waals surface area contributed by atoms with Crippen molar-refractivity contribution in [1.82, 2.24) is 0 Å². The van der Waals surface area contributed by atoms with Crippen LogP contribution in [-0.4, -0.2) is 14.5 Å². The summed E-state index contributed by atoms with van der Waals surface area (Å²) in [5.74, 6) is 0. The van der Waals surface area contributed by atoms with Crippen LogP contribution >= 0.6 is 0 Å². The number of nitrogen functional groups attached to an aromatic ring is 1. The molecule has 100 valence electrons. The van der Waals surface area contributed by atoms with E-state index < -0.39 is 10.0 Å². The molecule has 0 radical (unpaired) electrons. The second-order valence-corrected chi connectivity index (χ2v) is 6.39. The Labute approximate surface area is 108 Å². The fraction of sp³-hybridized carbons (Fsp3) is 0.500. The second kappa shape index (κ2) is 4.78. The molecule has 1 aromatic carbocycles. The number of nitrogens with two attached hydrogens (primary N) is 2. The van der Waals surface area contributed by atoms with Crippen LogP contribution in [0.1, 0.15) is 31.2 Å². The smallest absolute Gasteiger partial charge is 0.238 e. The minimum Gasteiger partial charge on any atom is -0.399 e. The van der Waals surface area contributed by atoms with Gasteiger partial charge in [-0.2, -0.15) is 0 Å². The van der Waals surface area contributed by atoms with Gasteiger partial charge >= 0.3 is 0 Å². The van der Waals surface area contributed by atoms with E-state index in [1.54, 1.807) is 13.0 Å². The van der Waals surface area contributed by atoms with Crippen molar-refractivity contribution in [3.63, 3.8) is 0 Å². The molecule has 1 saturated carbocycles. The van der Waals surface area contributed by atoms with Gasteiger partial charge in [0.05, 0.1) is 4.90 Å². The van der Waals surface area contributed by atoms with E-state index in [4.69, 9.17) is 10.9 Å². The Morgan fingerprint density at radius 1 is 1.28 bits per heavy atom. The molecule has 5 nitrogen and oxygen atoms in total. The number of primary sulfonamides is 1. The summed E-state index contributed by atoms with van der Waals surface area (Å²) in [7, 11) is -3.73. The lowest BCUT2D eigenvalue weighted by atomic mass is 10.1. The van der Waals surface area contributed by atoms with E-state index in [-0.39, 0.29) is 4.90 Å². The number of sulfonamides is 1. The largest absolute Gasteiger partial charge is 0.399 e. The van der Waals surface area contributed by atoms with Gasteiger partial charge in [-0.25, -0.2) is 13.6 Å². The average molecular weight is 269 g/mol. The van der Waals surface area contributed by atoms with Crippen molar-refractivity contribution in [2.75, 3.05) is 11.1 Å². The third-order valence-electron chi connectivity index (χ3n) is 3.40. The van der Waals surface area contributed by atoms with E-state index in [1.807, 2.05) is 0 Å². The molecule has 1 aliphatic carbocycles. The van der Waals surface area contributed by atoms with Crippen molar-refractivity contribution < 1.29 is 8.42 Å². The van der Waals surface area contributed by atoms with E-state index in [2.05, 4.69) is 5.32 Å². The van der Waals surface area contributed by atoms with Crippen LogP contribution in [0.5, 0.6) is 0 Å². The summed E-state index contributed by atoms with van der Waals surface area (Å²) in [6.45, 7) is 1.75.